The fraction of sp³-hybridized carbons (Fsp3) is 0.700. The maximum absolute atomic E-state index is 10.5. The quantitative estimate of drug-likeness (QED) is 0.475. The average Bonchev–Trinajstić information content (AvgIpc) is 2.16. The van der Waals surface area contributed by atoms with Gasteiger partial charge in [0.25, 0.3) is 0 Å². The van der Waals surface area contributed by atoms with E-state index in [9.17, 15) is 4.79 Å². The molecule has 0 aromatic carbocycles. The maximum atomic E-state index is 10.5. The maximum Gasteiger partial charge on any atom is 0.145 e. The molecule has 1 fully saturated rings. The lowest BCUT2D eigenvalue weighted by molar-refractivity contribution is -0.105. The van der Waals surface area contributed by atoms with E-state index < -0.39 is 0 Å². The van der Waals surface area contributed by atoms with E-state index in [-0.39, 0.29) is 0 Å². The number of allylic oxidation sites excluding steroid dienone is 2. The van der Waals surface area contributed by atoms with Crippen LogP contribution < -0.4 is 0 Å². The number of rotatable bonds is 3. The number of carbonyl (C=O) groups excluding carboxylic acids is 1. The van der Waals surface area contributed by atoms with Crippen LogP contribution in [-0.2, 0) is 9.53 Å². The van der Waals surface area contributed by atoms with Crippen LogP contribution >= 0.6 is 0 Å². The molecule has 0 N–H and O–H groups in total. The topological polar surface area (TPSA) is 26.3 Å². The van der Waals surface area contributed by atoms with Crippen LogP contribution in [0.15, 0.2) is 11.6 Å². The molecule has 68 valence electrons. The minimum absolute atomic E-state index is 0.568. The zero-order chi connectivity index (χ0) is 8.81. The van der Waals surface area contributed by atoms with Gasteiger partial charge in [-0.25, -0.2) is 0 Å². The zero-order valence-corrected chi connectivity index (χ0v) is 7.58. The number of aldehydes is 1. The van der Waals surface area contributed by atoms with Gasteiger partial charge in [-0.3, -0.25) is 4.79 Å². The fourth-order valence-electron chi connectivity index (χ4n) is 1.43. The summed E-state index contributed by atoms with van der Waals surface area (Å²) in [5, 5.41) is 0. The highest BCUT2D eigenvalue weighted by molar-refractivity contribution is 5.72. The van der Waals surface area contributed by atoms with E-state index >= 15 is 0 Å². The number of ether oxygens (including phenoxy) is 1. The first-order valence-corrected chi connectivity index (χ1v) is 4.60. The van der Waals surface area contributed by atoms with Crippen molar-refractivity contribution in [2.45, 2.75) is 26.2 Å². The molecule has 0 amide bonds. The molecule has 1 rings (SSSR count). The first kappa shape index (κ1) is 9.46. The van der Waals surface area contributed by atoms with E-state index in [1.807, 2.05) is 6.92 Å². The smallest absolute Gasteiger partial charge is 0.145 e. The van der Waals surface area contributed by atoms with Gasteiger partial charge in [0.05, 0.1) is 0 Å². The molecule has 12 heavy (non-hydrogen) atoms. The van der Waals surface area contributed by atoms with Crippen LogP contribution in [0.25, 0.3) is 0 Å². The molecule has 0 aromatic rings. The number of hydrogen-bond donors (Lipinski definition) is 0. The van der Waals surface area contributed by atoms with Crippen molar-refractivity contribution in [2.24, 2.45) is 5.92 Å². The monoisotopic (exact) mass is 168 g/mol. The molecule has 0 saturated carbocycles. The number of carbonyl (C=O) groups is 1. The standard InChI is InChI=1S/C10H16O2/c1-2-9(8-11)7-10-3-5-12-6-4-10/h7-8,10H,2-6H2,1H3. The summed E-state index contributed by atoms with van der Waals surface area (Å²) < 4.78 is 5.23. The predicted octanol–water partition coefficient (Wildman–Crippen LogP) is 1.95. The van der Waals surface area contributed by atoms with Gasteiger partial charge in [-0.2, -0.15) is 0 Å². The third-order valence-corrected chi connectivity index (χ3v) is 2.28. The molecule has 2 nitrogen and oxygen atoms in total. The summed E-state index contributed by atoms with van der Waals surface area (Å²) in [6, 6.07) is 0. The van der Waals surface area contributed by atoms with Crippen molar-refractivity contribution in [3.63, 3.8) is 0 Å². The van der Waals surface area contributed by atoms with Gasteiger partial charge in [-0.1, -0.05) is 13.0 Å². The lowest BCUT2D eigenvalue weighted by Crippen LogP contribution is -2.14. The molecule has 1 saturated heterocycles. The summed E-state index contributed by atoms with van der Waals surface area (Å²) >= 11 is 0. The lowest BCUT2D eigenvalue weighted by Gasteiger charge is -2.19. The predicted molar refractivity (Wildman–Crippen MR) is 48.0 cm³/mol. The second-order valence-electron chi connectivity index (χ2n) is 3.16. The van der Waals surface area contributed by atoms with Gasteiger partial charge in [-0.05, 0) is 30.8 Å². The van der Waals surface area contributed by atoms with Crippen molar-refractivity contribution in [1.82, 2.24) is 0 Å². The number of hydrogen-bond acceptors (Lipinski definition) is 2. The van der Waals surface area contributed by atoms with E-state index in [0.29, 0.717) is 5.92 Å². The average molecular weight is 168 g/mol. The third-order valence-electron chi connectivity index (χ3n) is 2.28. The van der Waals surface area contributed by atoms with Crippen molar-refractivity contribution in [3.05, 3.63) is 11.6 Å². The summed E-state index contributed by atoms with van der Waals surface area (Å²) in [5.41, 5.74) is 0.932. The Balaban J connectivity index is 2.45. The molecule has 0 aromatic heterocycles. The van der Waals surface area contributed by atoms with Crippen molar-refractivity contribution >= 4 is 6.29 Å². The molecule has 0 atom stereocenters. The Bertz CT molecular complexity index is 167. The Kier molecular flexibility index (Phi) is 4.01. The Morgan fingerprint density at radius 3 is 2.67 bits per heavy atom. The first-order chi connectivity index (χ1) is 5.86. The Hall–Kier alpha value is -0.630. The normalized spacial score (nSPS) is 20.9. The van der Waals surface area contributed by atoms with Gasteiger partial charge < -0.3 is 4.74 Å². The van der Waals surface area contributed by atoms with E-state index in [1.165, 1.54) is 0 Å². The lowest BCUT2D eigenvalue weighted by atomic mass is 9.97. The molecule has 1 aliphatic rings. The summed E-state index contributed by atoms with van der Waals surface area (Å²) in [7, 11) is 0. The fourth-order valence-corrected chi connectivity index (χ4v) is 1.43. The van der Waals surface area contributed by atoms with Crippen LogP contribution in [0.2, 0.25) is 0 Å². The summed E-state index contributed by atoms with van der Waals surface area (Å²) in [6.45, 7) is 3.70. The van der Waals surface area contributed by atoms with E-state index in [1.54, 1.807) is 0 Å². The molecule has 1 aliphatic heterocycles. The molecule has 0 bridgehead atoms. The van der Waals surface area contributed by atoms with Crippen LogP contribution in [-0.4, -0.2) is 19.5 Å². The van der Waals surface area contributed by atoms with Crippen LogP contribution in [0.5, 0.6) is 0 Å². The van der Waals surface area contributed by atoms with Crippen LogP contribution in [0.4, 0.5) is 0 Å². The molecule has 1 heterocycles. The summed E-state index contributed by atoms with van der Waals surface area (Å²) in [5.74, 6) is 0.568. The van der Waals surface area contributed by atoms with Gasteiger partial charge in [0, 0.05) is 13.2 Å². The first-order valence-electron chi connectivity index (χ1n) is 4.60. The van der Waals surface area contributed by atoms with E-state index in [4.69, 9.17) is 4.74 Å². The highest BCUT2D eigenvalue weighted by Crippen LogP contribution is 2.17. The Morgan fingerprint density at radius 2 is 2.17 bits per heavy atom. The third kappa shape index (κ3) is 2.78. The molecular weight excluding hydrogens is 152 g/mol. The summed E-state index contributed by atoms with van der Waals surface area (Å²) in [4.78, 5) is 10.5. The minimum atomic E-state index is 0.568. The zero-order valence-electron chi connectivity index (χ0n) is 7.58. The summed E-state index contributed by atoms with van der Waals surface area (Å²) in [6.07, 6.45) is 6.06. The molecule has 0 radical (unpaired) electrons. The van der Waals surface area contributed by atoms with Crippen molar-refractivity contribution in [1.29, 1.82) is 0 Å². The molecule has 0 spiro atoms. The molecule has 0 unspecified atom stereocenters. The molecule has 2 heteroatoms. The minimum Gasteiger partial charge on any atom is -0.381 e. The van der Waals surface area contributed by atoms with Crippen molar-refractivity contribution in [2.75, 3.05) is 13.2 Å². The van der Waals surface area contributed by atoms with E-state index in [0.717, 1.165) is 44.3 Å². The van der Waals surface area contributed by atoms with Crippen LogP contribution in [0.3, 0.4) is 0 Å². The van der Waals surface area contributed by atoms with Crippen LogP contribution in [0, 0.1) is 5.92 Å². The second kappa shape index (κ2) is 5.09. The SMILES string of the molecule is CCC(C=O)=CC1CCOCC1. The molecular formula is C10H16O2. The van der Waals surface area contributed by atoms with Gasteiger partial charge in [0.15, 0.2) is 0 Å². The molecule has 0 aliphatic carbocycles. The van der Waals surface area contributed by atoms with E-state index in [2.05, 4.69) is 6.08 Å². The van der Waals surface area contributed by atoms with Gasteiger partial charge in [-0.15, -0.1) is 0 Å². The van der Waals surface area contributed by atoms with Crippen molar-refractivity contribution < 1.29 is 9.53 Å². The van der Waals surface area contributed by atoms with Gasteiger partial charge in [0.1, 0.15) is 6.29 Å². The van der Waals surface area contributed by atoms with Gasteiger partial charge in [0.2, 0.25) is 0 Å². The van der Waals surface area contributed by atoms with Crippen LogP contribution in [0.1, 0.15) is 26.2 Å². The largest absolute Gasteiger partial charge is 0.381 e. The highest BCUT2D eigenvalue weighted by Gasteiger charge is 2.11. The van der Waals surface area contributed by atoms with Gasteiger partial charge >= 0.3 is 0 Å². The highest BCUT2D eigenvalue weighted by atomic mass is 16.5. The second-order valence-corrected chi connectivity index (χ2v) is 3.16. The Labute approximate surface area is 73.6 Å². The Morgan fingerprint density at radius 1 is 1.50 bits per heavy atom. The van der Waals surface area contributed by atoms with Crippen molar-refractivity contribution in [3.8, 4) is 0 Å².